The molecule has 0 saturated heterocycles. The van der Waals surface area contributed by atoms with Crippen molar-refractivity contribution in [1.29, 1.82) is 0 Å². The molecule has 20 heavy (non-hydrogen) atoms. The maximum Gasteiger partial charge on any atom is 0.220 e. The van der Waals surface area contributed by atoms with Gasteiger partial charge in [-0.05, 0) is 52.1 Å². The number of amides is 1. The maximum atomic E-state index is 11.6. The average molecular weight is 307 g/mol. The summed E-state index contributed by atoms with van der Waals surface area (Å²) in [5.41, 5.74) is 0. The summed E-state index contributed by atoms with van der Waals surface area (Å²) in [5.74, 6) is 0.873. The van der Waals surface area contributed by atoms with Gasteiger partial charge in [0.05, 0.1) is 6.10 Å². The van der Waals surface area contributed by atoms with E-state index in [4.69, 9.17) is 4.74 Å². The third kappa shape index (κ3) is 8.08. The minimum absolute atomic E-state index is 0. The first kappa shape index (κ1) is 19.7. The van der Waals surface area contributed by atoms with Crippen molar-refractivity contribution in [2.24, 2.45) is 5.92 Å². The lowest BCUT2D eigenvalue weighted by Crippen LogP contribution is -2.31. The Morgan fingerprint density at radius 2 is 2.00 bits per heavy atom. The highest BCUT2D eigenvalue weighted by molar-refractivity contribution is 5.85. The molecule has 1 unspecified atom stereocenters. The van der Waals surface area contributed by atoms with Crippen LogP contribution in [0.3, 0.4) is 0 Å². The van der Waals surface area contributed by atoms with Crippen molar-refractivity contribution < 1.29 is 9.53 Å². The Kier molecular flexibility index (Phi) is 12.2. The minimum atomic E-state index is 0. The Hall–Kier alpha value is -0.320. The van der Waals surface area contributed by atoms with Gasteiger partial charge >= 0.3 is 0 Å². The fourth-order valence-electron chi connectivity index (χ4n) is 2.87. The van der Waals surface area contributed by atoms with Crippen molar-refractivity contribution in [3.05, 3.63) is 0 Å². The van der Waals surface area contributed by atoms with E-state index in [1.54, 1.807) is 0 Å². The van der Waals surface area contributed by atoms with Crippen LogP contribution in [-0.2, 0) is 9.53 Å². The van der Waals surface area contributed by atoms with Crippen molar-refractivity contribution in [1.82, 2.24) is 10.6 Å². The van der Waals surface area contributed by atoms with Crippen LogP contribution in [0.2, 0.25) is 0 Å². The van der Waals surface area contributed by atoms with Crippen LogP contribution in [-0.4, -0.2) is 38.8 Å². The SMILES string of the molecule is CCOC(CCNC(=O)CCCNC)C1CCCC1.Cl. The van der Waals surface area contributed by atoms with Gasteiger partial charge in [-0.15, -0.1) is 12.4 Å². The van der Waals surface area contributed by atoms with Gasteiger partial charge < -0.3 is 15.4 Å². The van der Waals surface area contributed by atoms with Gasteiger partial charge in [-0.2, -0.15) is 0 Å². The number of nitrogens with one attached hydrogen (secondary N) is 2. The first-order valence-electron chi connectivity index (χ1n) is 7.80. The summed E-state index contributed by atoms with van der Waals surface area (Å²) in [6.07, 6.45) is 8.07. The molecule has 0 aromatic carbocycles. The third-order valence-corrected chi connectivity index (χ3v) is 3.89. The molecule has 1 fully saturated rings. The number of hydrogen-bond acceptors (Lipinski definition) is 3. The number of hydrogen-bond donors (Lipinski definition) is 2. The molecular formula is C15H31ClN2O2. The lowest BCUT2D eigenvalue weighted by atomic mass is 9.98. The van der Waals surface area contributed by atoms with Crippen LogP contribution in [0.4, 0.5) is 0 Å². The standard InChI is InChI=1S/C15H30N2O2.ClH/c1-3-19-14(13-7-4-5-8-13)10-12-17-15(18)9-6-11-16-2;/h13-14,16H,3-12H2,1-2H3,(H,17,18);1H. The Morgan fingerprint density at radius 3 is 2.60 bits per heavy atom. The second-order valence-electron chi connectivity index (χ2n) is 5.38. The van der Waals surface area contributed by atoms with Crippen molar-refractivity contribution in [3.63, 3.8) is 0 Å². The molecule has 120 valence electrons. The molecule has 1 aliphatic rings. The minimum Gasteiger partial charge on any atom is -0.378 e. The Morgan fingerprint density at radius 1 is 1.30 bits per heavy atom. The van der Waals surface area contributed by atoms with E-state index < -0.39 is 0 Å². The lowest BCUT2D eigenvalue weighted by Gasteiger charge is -2.23. The highest BCUT2D eigenvalue weighted by Gasteiger charge is 2.25. The number of carbonyl (C=O) groups excluding carboxylic acids is 1. The second-order valence-corrected chi connectivity index (χ2v) is 5.38. The number of ether oxygens (including phenoxy) is 1. The molecule has 0 radical (unpaired) electrons. The summed E-state index contributed by atoms with van der Waals surface area (Å²) in [6.45, 7) is 4.48. The van der Waals surface area contributed by atoms with E-state index in [1.165, 1.54) is 25.7 Å². The Balaban J connectivity index is 0.00000361. The number of halogens is 1. The molecular weight excluding hydrogens is 276 g/mol. The average Bonchev–Trinajstić information content (AvgIpc) is 2.92. The Labute approximate surface area is 129 Å². The van der Waals surface area contributed by atoms with Crippen LogP contribution in [0.5, 0.6) is 0 Å². The van der Waals surface area contributed by atoms with E-state index in [0.29, 0.717) is 18.4 Å². The molecule has 0 bridgehead atoms. The third-order valence-electron chi connectivity index (χ3n) is 3.89. The zero-order valence-electron chi connectivity index (χ0n) is 13.0. The molecule has 0 spiro atoms. The van der Waals surface area contributed by atoms with E-state index in [-0.39, 0.29) is 18.3 Å². The summed E-state index contributed by atoms with van der Waals surface area (Å²) in [5, 5.41) is 6.06. The van der Waals surface area contributed by atoms with Crippen LogP contribution in [0, 0.1) is 5.92 Å². The second kappa shape index (κ2) is 12.4. The van der Waals surface area contributed by atoms with Gasteiger partial charge in [0.1, 0.15) is 0 Å². The summed E-state index contributed by atoms with van der Waals surface area (Å²) in [6, 6.07) is 0. The predicted octanol–water partition coefficient (Wildman–Crippen LogP) is 2.51. The summed E-state index contributed by atoms with van der Waals surface area (Å²) in [7, 11) is 1.91. The summed E-state index contributed by atoms with van der Waals surface area (Å²) >= 11 is 0. The highest BCUT2D eigenvalue weighted by Crippen LogP contribution is 2.30. The first-order chi connectivity index (χ1) is 9.27. The molecule has 2 N–H and O–H groups in total. The molecule has 4 nitrogen and oxygen atoms in total. The van der Waals surface area contributed by atoms with Crippen molar-refractivity contribution in [3.8, 4) is 0 Å². The molecule has 1 rings (SSSR count). The summed E-state index contributed by atoms with van der Waals surface area (Å²) in [4.78, 5) is 11.6. The van der Waals surface area contributed by atoms with Gasteiger partial charge in [0.15, 0.2) is 0 Å². The van der Waals surface area contributed by atoms with Crippen LogP contribution in [0.25, 0.3) is 0 Å². The fourth-order valence-corrected chi connectivity index (χ4v) is 2.87. The lowest BCUT2D eigenvalue weighted by molar-refractivity contribution is -0.121. The molecule has 1 atom stereocenters. The topological polar surface area (TPSA) is 50.4 Å². The quantitative estimate of drug-likeness (QED) is 0.610. The predicted molar refractivity (Wildman–Crippen MR) is 85.4 cm³/mol. The molecule has 0 aliphatic heterocycles. The Bertz CT molecular complexity index is 246. The van der Waals surface area contributed by atoms with Gasteiger partial charge in [-0.1, -0.05) is 12.8 Å². The van der Waals surface area contributed by atoms with E-state index in [2.05, 4.69) is 17.6 Å². The number of rotatable bonds is 10. The molecule has 1 aliphatic carbocycles. The fraction of sp³-hybridized carbons (Fsp3) is 0.933. The molecule has 0 aromatic rings. The van der Waals surface area contributed by atoms with E-state index >= 15 is 0 Å². The normalized spacial score (nSPS) is 16.7. The number of carbonyl (C=O) groups is 1. The first-order valence-corrected chi connectivity index (χ1v) is 7.80. The smallest absolute Gasteiger partial charge is 0.220 e. The van der Waals surface area contributed by atoms with Crippen molar-refractivity contribution in [2.45, 2.75) is 58.0 Å². The van der Waals surface area contributed by atoms with Crippen LogP contribution < -0.4 is 10.6 Å². The maximum absolute atomic E-state index is 11.6. The molecule has 0 heterocycles. The molecule has 0 aromatic heterocycles. The van der Waals surface area contributed by atoms with Gasteiger partial charge in [-0.25, -0.2) is 0 Å². The van der Waals surface area contributed by atoms with Crippen LogP contribution in [0.1, 0.15) is 51.9 Å². The van der Waals surface area contributed by atoms with Crippen molar-refractivity contribution >= 4 is 18.3 Å². The van der Waals surface area contributed by atoms with Crippen LogP contribution >= 0.6 is 12.4 Å². The van der Waals surface area contributed by atoms with E-state index in [0.717, 1.165) is 32.5 Å². The summed E-state index contributed by atoms with van der Waals surface area (Å²) < 4.78 is 5.84. The van der Waals surface area contributed by atoms with Gasteiger partial charge in [0, 0.05) is 19.6 Å². The van der Waals surface area contributed by atoms with E-state index in [9.17, 15) is 4.79 Å². The van der Waals surface area contributed by atoms with Crippen molar-refractivity contribution in [2.75, 3.05) is 26.7 Å². The zero-order chi connectivity index (χ0) is 13.9. The van der Waals surface area contributed by atoms with Gasteiger partial charge in [0.2, 0.25) is 5.91 Å². The highest BCUT2D eigenvalue weighted by atomic mass is 35.5. The largest absolute Gasteiger partial charge is 0.378 e. The molecule has 1 amide bonds. The van der Waals surface area contributed by atoms with Gasteiger partial charge in [-0.3, -0.25) is 4.79 Å². The molecule has 5 heteroatoms. The van der Waals surface area contributed by atoms with E-state index in [1.807, 2.05) is 7.05 Å². The van der Waals surface area contributed by atoms with Gasteiger partial charge in [0.25, 0.3) is 0 Å². The monoisotopic (exact) mass is 306 g/mol. The van der Waals surface area contributed by atoms with Crippen LogP contribution in [0.15, 0.2) is 0 Å². The molecule has 1 saturated carbocycles. The zero-order valence-corrected chi connectivity index (χ0v) is 13.8.